The molecule has 0 spiro atoms. The molecule has 0 unspecified atom stereocenters. The van der Waals surface area contributed by atoms with Crippen molar-refractivity contribution in [3.05, 3.63) is 0 Å². The number of rotatable bonds is 3. The van der Waals surface area contributed by atoms with Gasteiger partial charge in [-0.05, 0) is 26.9 Å². The van der Waals surface area contributed by atoms with E-state index in [2.05, 4.69) is 24.5 Å². The van der Waals surface area contributed by atoms with Crippen molar-refractivity contribution in [2.45, 2.75) is 25.0 Å². The Bertz CT molecular complexity index is 99.8. The Morgan fingerprint density at radius 1 is 1.40 bits per heavy atom. The fourth-order valence-electron chi connectivity index (χ4n) is 1.22. The third-order valence-electron chi connectivity index (χ3n) is 2.08. The zero-order valence-corrected chi connectivity index (χ0v) is 6.92. The van der Waals surface area contributed by atoms with Gasteiger partial charge < -0.3 is 4.90 Å². The van der Waals surface area contributed by atoms with Crippen molar-refractivity contribution in [2.75, 3.05) is 21.1 Å². The maximum absolute atomic E-state index is 5.18. The normalized spacial score (nSPS) is 32.4. The number of hydroxylamine groups is 1. The van der Waals surface area contributed by atoms with E-state index in [-0.39, 0.29) is 0 Å². The maximum Gasteiger partial charge on any atom is 0.0820 e. The first-order chi connectivity index (χ1) is 4.74. The lowest BCUT2D eigenvalue weighted by Crippen LogP contribution is -2.46. The highest BCUT2D eigenvalue weighted by Gasteiger charge is 2.31. The molecule has 60 valence electrons. The standard InChI is InChI=1S/C7H16N2O/c1-8-10-7-4-6(5-7)9(2)3/h6-8H,4-5H2,1-3H3. The molecule has 0 heterocycles. The molecule has 0 atom stereocenters. The van der Waals surface area contributed by atoms with E-state index in [1.54, 1.807) is 0 Å². The van der Waals surface area contributed by atoms with Crippen molar-refractivity contribution in [2.24, 2.45) is 0 Å². The highest BCUT2D eigenvalue weighted by Crippen LogP contribution is 2.25. The van der Waals surface area contributed by atoms with Crippen LogP contribution in [0.2, 0.25) is 0 Å². The minimum Gasteiger partial charge on any atom is -0.306 e. The van der Waals surface area contributed by atoms with Crippen LogP contribution >= 0.6 is 0 Å². The van der Waals surface area contributed by atoms with Gasteiger partial charge in [0.1, 0.15) is 0 Å². The van der Waals surface area contributed by atoms with Gasteiger partial charge in [0.25, 0.3) is 0 Å². The molecule has 1 rings (SSSR count). The van der Waals surface area contributed by atoms with Crippen LogP contribution in [0.3, 0.4) is 0 Å². The fraction of sp³-hybridized carbons (Fsp3) is 1.00. The van der Waals surface area contributed by atoms with E-state index < -0.39 is 0 Å². The van der Waals surface area contributed by atoms with Crippen LogP contribution in [0.1, 0.15) is 12.8 Å². The van der Waals surface area contributed by atoms with Crippen LogP contribution in [0.5, 0.6) is 0 Å². The molecule has 0 aromatic carbocycles. The van der Waals surface area contributed by atoms with Crippen LogP contribution in [0, 0.1) is 0 Å². The first kappa shape index (κ1) is 7.98. The van der Waals surface area contributed by atoms with Gasteiger partial charge in [0.05, 0.1) is 6.10 Å². The minimum absolute atomic E-state index is 0.442. The second kappa shape index (κ2) is 3.32. The smallest absolute Gasteiger partial charge is 0.0820 e. The zero-order chi connectivity index (χ0) is 7.56. The van der Waals surface area contributed by atoms with Crippen LogP contribution in [0.15, 0.2) is 0 Å². The quantitative estimate of drug-likeness (QED) is 0.574. The Balaban J connectivity index is 2.06. The molecule has 0 saturated heterocycles. The van der Waals surface area contributed by atoms with Gasteiger partial charge in [-0.25, -0.2) is 5.48 Å². The molecule has 0 bridgehead atoms. The fourth-order valence-corrected chi connectivity index (χ4v) is 1.22. The van der Waals surface area contributed by atoms with Gasteiger partial charge in [0.2, 0.25) is 0 Å². The van der Waals surface area contributed by atoms with Crippen molar-refractivity contribution in [3.8, 4) is 0 Å². The van der Waals surface area contributed by atoms with Crippen LogP contribution in [0.25, 0.3) is 0 Å². The van der Waals surface area contributed by atoms with Gasteiger partial charge in [0, 0.05) is 13.1 Å². The monoisotopic (exact) mass is 144 g/mol. The summed E-state index contributed by atoms with van der Waals surface area (Å²) in [5.41, 5.74) is 2.71. The molecule has 0 aliphatic heterocycles. The summed E-state index contributed by atoms with van der Waals surface area (Å²) in [4.78, 5) is 7.43. The summed E-state index contributed by atoms with van der Waals surface area (Å²) in [6.45, 7) is 0. The Hall–Kier alpha value is -0.120. The number of hydrogen-bond donors (Lipinski definition) is 1. The Kier molecular flexibility index (Phi) is 2.65. The van der Waals surface area contributed by atoms with Crippen LogP contribution in [0.4, 0.5) is 0 Å². The second-order valence-electron chi connectivity index (χ2n) is 3.03. The minimum atomic E-state index is 0.442. The third-order valence-corrected chi connectivity index (χ3v) is 2.08. The number of hydrogen-bond acceptors (Lipinski definition) is 3. The number of nitrogens with zero attached hydrogens (tertiary/aromatic N) is 1. The van der Waals surface area contributed by atoms with Gasteiger partial charge in [-0.15, -0.1) is 0 Å². The summed E-state index contributed by atoms with van der Waals surface area (Å²) in [6.07, 6.45) is 2.76. The Morgan fingerprint density at radius 2 is 2.00 bits per heavy atom. The Labute approximate surface area is 62.3 Å². The van der Waals surface area contributed by atoms with Crippen molar-refractivity contribution >= 4 is 0 Å². The van der Waals surface area contributed by atoms with E-state index in [0.29, 0.717) is 6.10 Å². The molecule has 3 heteroatoms. The zero-order valence-electron chi connectivity index (χ0n) is 6.92. The molecule has 0 amide bonds. The first-order valence-corrected chi connectivity index (χ1v) is 3.73. The summed E-state index contributed by atoms with van der Waals surface area (Å²) in [6, 6.07) is 0.735. The van der Waals surface area contributed by atoms with E-state index in [1.165, 1.54) is 0 Å². The van der Waals surface area contributed by atoms with Gasteiger partial charge in [-0.3, -0.25) is 4.84 Å². The first-order valence-electron chi connectivity index (χ1n) is 3.73. The van der Waals surface area contributed by atoms with Crippen molar-refractivity contribution in [1.82, 2.24) is 10.4 Å². The summed E-state index contributed by atoms with van der Waals surface area (Å²) < 4.78 is 0. The SMILES string of the molecule is CNOC1CC(N(C)C)C1. The molecule has 1 saturated carbocycles. The predicted molar refractivity (Wildman–Crippen MR) is 40.6 cm³/mol. The van der Waals surface area contributed by atoms with Crippen molar-refractivity contribution in [1.29, 1.82) is 0 Å². The van der Waals surface area contributed by atoms with Gasteiger partial charge in [-0.2, -0.15) is 0 Å². The molecular formula is C7H16N2O. The topological polar surface area (TPSA) is 24.5 Å². The summed E-state index contributed by atoms with van der Waals surface area (Å²) in [7, 11) is 6.03. The molecule has 0 aromatic heterocycles. The summed E-state index contributed by atoms with van der Waals surface area (Å²) in [5, 5.41) is 0. The lowest BCUT2D eigenvalue weighted by molar-refractivity contribution is -0.0830. The van der Waals surface area contributed by atoms with Crippen LogP contribution in [-0.2, 0) is 4.84 Å². The summed E-state index contributed by atoms with van der Waals surface area (Å²) in [5.74, 6) is 0. The molecule has 1 N–H and O–H groups in total. The van der Waals surface area contributed by atoms with E-state index in [9.17, 15) is 0 Å². The molecule has 10 heavy (non-hydrogen) atoms. The number of nitrogens with one attached hydrogen (secondary N) is 1. The average Bonchev–Trinajstić information content (AvgIpc) is 1.76. The predicted octanol–water partition coefficient (Wildman–Crippen LogP) is 0.230. The van der Waals surface area contributed by atoms with E-state index >= 15 is 0 Å². The lowest BCUT2D eigenvalue weighted by atomic mass is 9.89. The van der Waals surface area contributed by atoms with E-state index in [1.807, 2.05) is 7.05 Å². The van der Waals surface area contributed by atoms with Gasteiger partial charge in [0.15, 0.2) is 0 Å². The van der Waals surface area contributed by atoms with Crippen molar-refractivity contribution < 1.29 is 4.84 Å². The van der Waals surface area contributed by atoms with E-state index in [4.69, 9.17) is 4.84 Å². The van der Waals surface area contributed by atoms with E-state index in [0.717, 1.165) is 18.9 Å². The van der Waals surface area contributed by atoms with Gasteiger partial charge >= 0.3 is 0 Å². The summed E-state index contributed by atoms with van der Waals surface area (Å²) >= 11 is 0. The largest absolute Gasteiger partial charge is 0.306 e. The molecular weight excluding hydrogens is 128 g/mol. The van der Waals surface area contributed by atoms with Crippen LogP contribution < -0.4 is 5.48 Å². The molecule has 3 nitrogen and oxygen atoms in total. The molecule has 1 aliphatic carbocycles. The third kappa shape index (κ3) is 1.68. The molecule has 1 aliphatic rings. The second-order valence-corrected chi connectivity index (χ2v) is 3.03. The van der Waals surface area contributed by atoms with Crippen LogP contribution in [-0.4, -0.2) is 38.2 Å². The molecule has 0 aromatic rings. The average molecular weight is 144 g/mol. The van der Waals surface area contributed by atoms with Gasteiger partial charge in [-0.1, -0.05) is 0 Å². The highest BCUT2D eigenvalue weighted by atomic mass is 16.7. The molecule has 0 radical (unpaired) electrons. The Morgan fingerprint density at radius 3 is 2.40 bits per heavy atom. The van der Waals surface area contributed by atoms with Crippen molar-refractivity contribution in [3.63, 3.8) is 0 Å². The highest BCUT2D eigenvalue weighted by molar-refractivity contribution is 4.85. The lowest BCUT2D eigenvalue weighted by Gasteiger charge is -2.38. The maximum atomic E-state index is 5.18. The molecule has 1 fully saturated rings.